The predicted octanol–water partition coefficient (Wildman–Crippen LogP) is -0.0818. The minimum atomic E-state index is -3.45. The molecule has 0 unspecified atom stereocenters. The van der Waals surface area contributed by atoms with E-state index in [4.69, 9.17) is 4.74 Å². The van der Waals surface area contributed by atoms with Gasteiger partial charge in [-0.2, -0.15) is 5.10 Å². The fourth-order valence-corrected chi connectivity index (χ4v) is 3.59. The van der Waals surface area contributed by atoms with E-state index in [-0.39, 0.29) is 24.0 Å². The van der Waals surface area contributed by atoms with Crippen molar-refractivity contribution in [1.29, 1.82) is 0 Å². The number of hydrogen-bond acceptors (Lipinski definition) is 6. The summed E-state index contributed by atoms with van der Waals surface area (Å²) in [6, 6.07) is -0.512. The van der Waals surface area contributed by atoms with Crippen LogP contribution in [0.2, 0.25) is 0 Å². The van der Waals surface area contributed by atoms with Crippen molar-refractivity contribution >= 4 is 15.7 Å². The molecule has 1 aliphatic rings. The third-order valence-corrected chi connectivity index (χ3v) is 5.17. The zero-order valence-electron chi connectivity index (χ0n) is 13.5. The molecule has 0 aromatic carbocycles. The lowest BCUT2D eigenvalue weighted by Gasteiger charge is -2.35. The number of morpholine rings is 1. The highest BCUT2D eigenvalue weighted by molar-refractivity contribution is 7.90. The summed E-state index contributed by atoms with van der Waals surface area (Å²) >= 11 is 0. The van der Waals surface area contributed by atoms with E-state index < -0.39 is 15.9 Å². The van der Waals surface area contributed by atoms with Crippen molar-refractivity contribution in [2.24, 2.45) is 0 Å². The SMILES string of the molecule is Cc1nccn1CC(=O)N1CCOC[C@@H]1c1[nH]ncc1S(C)(=O)=O. The van der Waals surface area contributed by atoms with Crippen LogP contribution in [0, 0.1) is 6.92 Å². The lowest BCUT2D eigenvalue weighted by Crippen LogP contribution is -2.45. The van der Waals surface area contributed by atoms with Crippen molar-refractivity contribution < 1.29 is 17.9 Å². The summed E-state index contributed by atoms with van der Waals surface area (Å²) < 4.78 is 31.0. The van der Waals surface area contributed by atoms with Crippen molar-refractivity contribution in [2.45, 2.75) is 24.4 Å². The van der Waals surface area contributed by atoms with Crippen molar-refractivity contribution in [3.8, 4) is 0 Å². The van der Waals surface area contributed by atoms with Gasteiger partial charge in [-0.1, -0.05) is 0 Å². The summed E-state index contributed by atoms with van der Waals surface area (Å²) in [6.45, 7) is 2.98. The number of aryl methyl sites for hydroxylation is 1. The van der Waals surface area contributed by atoms with Crippen molar-refractivity contribution in [1.82, 2.24) is 24.6 Å². The molecule has 3 heterocycles. The Morgan fingerprint density at radius 2 is 2.29 bits per heavy atom. The third kappa shape index (κ3) is 3.20. The Kier molecular flexibility index (Phi) is 4.41. The minimum Gasteiger partial charge on any atom is -0.377 e. The number of hydrogen-bond donors (Lipinski definition) is 1. The largest absolute Gasteiger partial charge is 0.377 e. The first-order valence-electron chi connectivity index (χ1n) is 7.46. The second-order valence-electron chi connectivity index (χ2n) is 5.70. The Balaban J connectivity index is 1.88. The van der Waals surface area contributed by atoms with Gasteiger partial charge in [0.1, 0.15) is 17.3 Å². The molecule has 9 nitrogen and oxygen atoms in total. The molecule has 0 aliphatic carbocycles. The Bertz CT molecular complexity index is 841. The second-order valence-corrected chi connectivity index (χ2v) is 7.68. The number of nitrogens with zero attached hydrogens (tertiary/aromatic N) is 4. The lowest BCUT2D eigenvalue weighted by atomic mass is 10.1. The fourth-order valence-electron chi connectivity index (χ4n) is 2.77. The number of aromatic amines is 1. The van der Waals surface area contributed by atoms with E-state index in [9.17, 15) is 13.2 Å². The average molecular weight is 353 g/mol. The molecule has 1 aliphatic heterocycles. The minimum absolute atomic E-state index is 0.0922. The predicted molar refractivity (Wildman–Crippen MR) is 83.9 cm³/mol. The molecule has 2 aromatic rings. The smallest absolute Gasteiger partial charge is 0.243 e. The molecule has 3 rings (SSSR count). The molecule has 24 heavy (non-hydrogen) atoms. The van der Waals surface area contributed by atoms with Crippen LogP contribution in [0.5, 0.6) is 0 Å². The standard InChI is InChI=1S/C14H19N5O4S/c1-10-15-3-4-18(10)8-13(20)19-5-6-23-9-11(19)14-12(7-16-17-14)24(2,21)22/h3-4,7,11H,5-6,8-9H2,1-2H3,(H,16,17)/t11-/m1/s1. The number of nitrogens with one attached hydrogen (secondary N) is 1. The molecular formula is C14H19N5O4S. The highest BCUT2D eigenvalue weighted by Gasteiger charge is 2.33. The van der Waals surface area contributed by atoms with Crippen molar-refractivity contribution in [2.75, 3.05) is 26.0 Å². The van der Waals surface area contributed by atoms with E-state index in [1.165, 1.54) is 6.20 Å². The Morgan fingerprint density at radius 1 is 1.50 bits per heavy atom. The number of rotatable bonds is 4. The molecule has 0 bridgehead atoms. The van der Waals surface area contributed by atoms with Crippen LogP contribution in [0.3, 0.4) is 0 Å². The topological polar surface area (TPSA) is 110 Å². The molecule has 1 fully saturated rings. The third-order valence-electron chi connectivity index (χ3n) is 4.04. The van der Waals surface area contributed by atoms with E-state index in [1.54, 1.807) is 21.9 Å². The van der Waals surface area contributed by atoms with Gasteiger partial charge in [-0.3, -0.25) is 9.89 Å². The summed E-state index contributed by atoms with van der Waals surface area (Å²) in [4.78, 5) is 18.5. The number of aromatic nitrogens is 4. The van der Waals surface area contributed by atoms with E-state index in [0.29, 0.717) is 18.8 Å². The summed E-state index contributed by atoms with van der Waals surface area (Å²) in [7, 11) is -3.45. The van der Waals surface area contributed by atoms with Crippen LogP contribution in [-0.4, -0.2) is 65.0 Å². The van der Waals surface area contributed by atoms with Gasteiger partial charge in [0.2, 0.25) is 5.91 Å². The van der Waals surface area contributed by atoms with Crippen LogP contribution in [0.4, 0.5) is 0 Å². The van der Waals surface area contributed by atoms with E-state index in [2.05, 4.69) is 15.2 Å². The molecule has 2 aromatic heterocycles. The molecule has 1 saturated heterocycles. The van der Waals surface area contributed by atoms with Gasteiger partial charge in [0.15, 0.2) is 9.84 Å². The van der Waals surface area contributed by atoms with Crippen LogP contribution in [0.25, 0.3) is 0 Å². The summed E-state index contributed by atoms with van der Waals surface area (Å²) in [6.07, 6.45) is 5.75. The summed E-state index contributed by atoms with van der Waals surface area (Å²) in [5, 5.41) is 6.55. The highest BCUT2D eigenvalue weighted by Crippen LogP contribution is 2.28. The molecule has 10 heteroatoms. The molecule has 1 amide bonds. The first kappa shape index (κ1) is 16.7. The first-order chi connectivity index (χ1) is 11.4. The zero-order valence-corrected chi connectivity index (χ0v) is 14.3. The number of sulfone groups is 1. The number of imidazole rings is 1. The van der Waals surface area contributed by atoms with Crippen molar-refractivity contribution in [3.05, 3.63) is 30.1 Å². The average Bonchev–Trinajstić information content (AvgIpc) is 3.16. The Labute approximate surface area is 139 Å². The van der Waals surface area contributed by atoms with Gasteiger partial charge in [0.05, 0.1) is 31.1 Å². The van der Waals surface area contributed by atoms with Gasteiger partial charge in [0.25, 0.3) is 0 Å². The number of carbonyl (C=O) groups excluding carboxylic acids is 1. The number of H-pyrrole nitrogens is 1. The zero-order chi connectivity index (χ0) is 17.3. The van der Waals surface area contributed by atoms with Crippen LogP contribution in [-0.2, 0) is 25.9 Å². The van der Waals surface area contributed by atoms with E-state index in [1.807, 2.05) is 6.92 Å². The molecular weight excluding hydrogens is 334 g/mol. The maximum absolute atomic E-state index is 12.7. The summed E-state index contributed by atoms with van der Waals surface area (Å²) in [5.74, 6) is 0.616. The molecule has 0 radical (unpaired) electrons. The highest BCUT2D eigenvalue weighted by atomic mass is 32.2. The maximum Gasteiger partial charge on any atom is 0.243 e. The van der Waals surface area contributed by atoms with Gasteiger partial charge < -0.3 is 14.2 Å². The normalized spacial score (nSPS) is 18.8. The molecule has 1 N–H and O–H groups in total. The maximum atomic E-state index is 12.7. The van der Waals surface area contributed by atoms with Gasteiger partial charge in [0, 0.05) is 25.2 Å². The Hall–Kier alpha value is -2.20. The van der Waals surface area contributed by atoms with Crippen LogP contribution < -0.4 is 0 Å². The molecule has 130 valence electrons. The van der Waals surface area contributed by atoms with Gasteiger partial charge in [-0.05, 0) is 6.92 Å². The second kappa shape index (κ2) is 6.36. The lowest BCUT2D eigenvalue weighted by molar-refractivity contribution is -0.141. The summed E-state index contributed by atoms with van der Waals surface area (Å²) in [5.41, 5.74) is 0.382. The molecule has 0 spiro atoms. The quantitative estimate of drug-likeness (QED) is 0.823. The van der Waals surface area contributed by atoms with Crippen molar-refractivity contribution in [3.63, 3.8) is 0 Å². The fraction of sp³-hybridized carbons (Fsp3) is 0.500. The van der Waals surface area contributed by atoms with Crippen LogP contribution in [0.15, 0.2) is 23.5 Å². The monoisotopic (exact) mass is 353 g/mol. The number of carbonyl (C=O) groups is 1. The van der Waals surface area contributed by atoms with Crippen LogP contribution in [0.1, 0.15) is 17.6 Å². The van der Waals surface area contributed by atoms with E-state index in [0.717, 1.165) is 12.1 Å². The van der Waals surface area contributed by atoms with Gasteiger partial charge >= 0.3 is 0 Å². The van der Waals surface area contributed by atoms with Gasteiger partial charge in [-0.25, -0.2) is 13.4 Å². The first-order valence-corrected chi connectivity index (χ1v) is 9.35. The van der Waals surface area contributed by atoms with Gasteiger partial charge in [-0.15, -0.1) is 0 Å². The number of amides is 1. The van der Waals surface area contributed by atoms with Crippen LogP contribution >= 0.6 is 0 Å². The molecule has 0 saturated carbocycles. The Morgan fingerprint density at radius 3 is 2.96 bits per heavy atom. The number of ether oxygens (including phenoxy) is 1. The molecule has 1 atom stereocenters. The van der Waals surface area contributed by atoms with E-state index >= 15 is 0 Å².